The molecule has 0 aromatic carbocycles. The van der Waals surface area contributed by atoms with Gasteiger partial charge in [0.2, 0.25) is 5.95 Å². The molecule has 1 saturated heterocycles. The van der Waals surface area contributed by atoms with E-state index in [0.717, 1.165) is 36.8 Å². The predicted octanol–water partition coefficient (Wildman–Crippen LogP) is 1.38. The highest BCUT2D eigenvalue weighted by molar-refractivity contribution is 5.46. The normalized spacial score (nSPS) is 19.2. The molecule has 2 aromatic heterocycles. The number of hydrogen-bond donors (Lipinski definition) is 1. The summed E-state index contributed by atoms with van der Waals surface area (Å²) in [4.78, 5) is 10.8. The third kappa shape index (κ3) is 2.76. The smallest absolute Gasteiger partial charge is 0.222 e. The lowest BCUT2D eigenvalue weighted by atomic mass is 10.1. The molecule has 2 aromatic rings. The Balaban J connectivity index is 2.02. The lowest BCUT2D eigenvalue weighted by Crippen LogP contribution is -2.32. The monoisotopic (exact) mass is 302 g/mol. The molecule has 118 valence electrons. The van der Waals surface area contributed by atoms with Crippen molar-refractivity contribution >= 4 is 11.8 Å². The van der Waals surface area contributed by atoms with Crippen LogP contribution in [0.1, 0.15) is 29.4 Å². The minimum atomic E-state index is 0.0879. The van der Waals surface area contributed by atoms with Crippen molar-refractivity contribution in [2.45, 2.75) is 26.3 Å². The Morgan fingerprint density at radius 2 is 2.14 bits per heavy atom. The van der Waals surface area contributed by atoms with E-state index >= 15 is 0 Å². The second kappa shape index (κ2) is 5.92. The van der Waals surface area contributed by atoms with E-state index < -0.39 is 0 Å². The Hall–Kier alpha value is -2.15. The fourth-order valence-electron chi connectivity index (χ4n) is 2.87. The van der Waals surface area contributed by atoms with Gasteiger partial charge in [0.1, 0.15) is 5.82 Å². The van der Waals surface area contributed by atoms with Crippen LogP contribution in [0.15, 0.2) is 12.3 Å². The fraction of sp³-hybridized carbons (Fsp3) is 0.533. The van der Waals surface area contributed by atoms with Crippen molar-refractivity contribution in [3.63, 3.8) is 0 Å². The van der Waals surface area contributed by atoms with Gasteiger partial charge in [0, 0.05) is 43.2 Å². The minimum Gasteiger partial charge on any atom is -0.379 e. The van der Waals surface area contributed by atoms with Gasteiger partial charge in [-0.2, -0.15) is 10.1 Å². The largest absolute Gasteiger partial charge is 0.379 e. The lowest BCUT2D eigenvalue weighted by Gasteiger charge is -2.30. The average molecular weight is 302 g/mol. The van der Waals surface area contributed by atoms with E-state index in [0.29, 0.717) is 12.6 Å². The molecular weight excluding hydrogens is 280 g/mol. The maximum absolute atomic E-state index is 5.83. The van der Waals surface area contributed by atoms with Gasteiger partial charge in [0.05, 0.1) is 18.8 Å². The second-order valence-corrected chi connectivity index (χ2v) is 5.67. The first kappa shape index (κ1) is 14.8. The number of ether oxygens (including phenoxy) is 1. The number of nitrogen functional groups attached to an aromatic ring is 1. The SMILES string of the molecule is Cc1cc(N2CCCOCC2c2cnn(C)c2C)nc(N)n1. The molecule has 0 aliphatic carbocycles. The van der Waals surface area contributed by atoms with E-state index in [9.17, 15) is 0 Å². The summed E-state index contributed by atoms with van der Waals surface area (Å²) >= 11 is 0. The van der Waals surface area contributed by atoms with E-state index in [2.05, 4.69) is 26.9 Å². The van der Waals surface area contributed by atoms with Crippen LogP contribution >= 0.6 is 0 Å². The molecular formula is C15H22N6O. The molecule has 1 unspecified atom stereocenters. The molecule has 0 amide bonds. The first-order chi connectivity index (χ1) is 10.6. The Labute approximate surface area is 130 Å². The van der Waals surface area contributed by atoms with E-state index in [-0.39, 0.29) is 6.04 Å². The van der Waals surface area contributed by atoms with Crippen LogP contribution in [0.2, 0.25) is 0 Å². The Bertz CT molecular complexity index is 648. The molecule has 1 atom stereocenters. The number of aryl methyl sites for hydroxylation is 2. The maximum Gasteiger partial charge on any atom is 0.222 e. The van der Waals surface area contributed by atoms with Crippen LogP contribution in [0, 0.1) is 13.8 Å². The molecule has 0 spiro atoms. The van der Waals surface area contributed by atoms with Crippen molar-refractivity contribution < 1.29 is 4.74 Å². The van der Waals surface area contributed by atoms with Gasteiger partial charge in [0.25, 0.3) is 0 Å². The summed E-state index contributed by atoms with van der Waals surface area (Å²) in [6.45, 7) is 6.25. The Kier molecular flexibility index (Phi) is 3.98. The first-order valence-electron chi connectivity index (χ1n) is 7.50. The lowest BCUT2D eigenvalue weighted by molar-refractivity contribution is 0.134. The van der Waals surface area contributed by atoms with Crippen molar-refractivity contribution in [3.05, 3.63) is 29.2 Å². The number of hydrogen-bond acceptors (Lipinski definition) is 6. The van der Waals surface area contributed by atoms with Crippen molar-refractivity contribution in [2.24, 2.45) is 7.05 Å². The minimum absolute atomic E-state index is 0.0879. The first-order valence-corrected chi connectivity index (χ1v) is 7.50. The zero-order chi connectivity index (χ0) is 15.7. The number of nitrogens with two attached hydrogens (primary N) is 1. The number of nitrogens with zero attached hydrogens (tertiary/aromatic N) is 5. The summed E-state index contributed by atoms with van der Waals surface area (Å²) in [7, 11) is 1.95. The van der Waals surface area contributed by atoms with Crippen LogP contribution in [-0.2, 0) is 11.8 Å². The van der Waals surface area contributed by atoms with Crippen molar-refractivity contribution in [3.8, 4) is 0 Å². The predicted molar refractivity (Wildman–Crippen MR) is 84.6 cm³/mol. The summed E-state index contributed by atoms with van der Waals surface area (Å²) in [5, 5.41) is 4.36. The highest BCUT2D eigenvalue weighted by Gasteiger charge is 2.27. The topological polar surface area (TPSA) is 82.1 Å². The van der Waals surface area contributed by atoms with Crippen LogP contribution < -0.4 is 10.6 Å². The van der Waals surface area contributed by atoms with Gasteiger partial charge in [0.15, 0.2) is 0 Å². The Morgan fingerprint density at radius 3 is 2.82 bits per heavy atom. The van der Waals surface area contributed by atoms with Crippen molar-refractivity contribution in [1.29, 1.82) is 0 Å². The maximum atomic E-state index is 5.83. The molecule has 1 aliphatic heterocycles. The molecule has 1 aliphatic rings. The summed E-state index contributed by atoms with van der Waals surface area (Å²) in [6, 6.07) is 2.06. The molecule has 0 radical (unpaired) electrons. The summed E-state index contributed by atoms with van der Waals surface area (Å²) in [6.07, 6.45) is 2.87. The number of anilines is 2. The molecule has 7 heteroatoms. The number of rotatable bonds is 2. The highest BCUT2D eigenvalue weighted by atomic mass is 16.5. The van der Waals surface area contributed by atoms with Crippen LogP contribution in [0.25, 0.3) is 0 Å². The van der Waals surface area contributed by atoms with Crippen LogP contribution in [0.3, 0.4) is 0 Å². The molecule has 22 heavy (non-hydrogen) atoms. The molecule has 2 N–H and O–H groups in total. The second-order valence-electron chi connectivity index (χ2n) is 5.67. The van der Waals surface area contributed by atoms with Crippen LogP contribution in [0.4, 0.5) is 11.8 Å². The third-order valence-electron chi connectivity index (χ3n) is 4.12. The molecule has 1 fully saturated rings. The molecule has 3 rings (SSSR count). The fourth-order valence-corrected chi connectivity index (χ4v) is 2.87. The van der Waals surface area contributed by atoms with Gasteiger partial charge >= 0.3 is 0 Å². The highest BCUT2D eigenvalue weighted by Crippen LogP contribution is 2.30. The van der Waals surface area contributed by atoms with Gasteiger partial charge < -0.3 is 15.4 Å². The van der Waals surface area contributed by atoms with Gasteiger partial charge in [-0.05, 0) is 20.3 Å². The zero-order valence-electron chi connectivity index (χ0n) is 13.3. The van der Waals surface area contributed by atoms with Crippen molar-refractivity contribution in [1.82, 2.24) is 19.7 Å². The number of aromatic nitrogens is 4. The van der Waals surface area contributed by atoms with Gasteiger partial charge in [-0.3, -0.25) is 4.68 Å². The van der Waals surface area contributed by atoms with E-state index in [1.807, 2.05) is 30.9 Å². The van der Waals surface area contributed by atoms with Gasteiger partial charge in [-0.1, -0.05) is 0 Å². The molecule has 0 bridgehead atoms. The standard InChI is InChI=1S/C15H22N6O/c1-10-7-14(19-15(16)18-10)21-5-4-6-22-9-13(21)12-8-17-20(3)11(12)2/h7-8,13H,4-6,9H2,1-3H3,(H2,16,18,19). The van der Waals surface area contributed by atoms with Crippen LogP contribution in [0.5, 0.6) is 0 Å². The van der Waals surface area contributed by atoms with Crippen LogP contribution in [-0.4, -0.2) is 39.5 Å². The van der Waals surface area contributed by atoms with Gasteiger partial charge in [-0.25, -0.2) is 4.98 Å². The Morgan fingerprint density at radius 1 is 1.32 bits per heavy atom. The van der Waals surface area contributed by atoms with Gasteiger partial charge in [-0.15, -0.1) is 0 Å². The summed E-state index contributed by atoms with van der Waals surface area (Å²) in [5.74, 6) is 1.16. The van der Waals surface area contributed by atoms with E-state index in [1.165, 1.54) is 5.56 Å². The molecule has 3 heterocycles. The quantitative estimate of drug-likeness (QED) is 0.902. The molecule has 0 saturated carbocycles. The average Bonchev–Trinajstić information content (AvgIpc) is 2.68. The van der Waals surface area contributed by atoms with E-state index in [1.54, 1.807) is 0 Å². The molecule has 7 nitrogen and oxygen atoms in total. The zero-order valence-corrected chi connectivity index (χ0v) is 13.3. The summed E-state index contributed by atoms with van der Waals surface area (Å²) in [5.41, 5.74) is 9.00. The summed E-state index contributed by atoms with van der Waals surface area (Å²) < 4.78 is 7.67. The van der Waals surface area contributed by atoms with E-state index in [4.69, 9.17) is 10.5 Å². The third-order valence-corrected chi connectivity index (χ3v) is 4.12. The van der Waals surface area contributed by atoms with Crippen molar-refractivity contribution in [2.75, 3.05) is 30.4 Å².